The molecule has 0 atom stereocenters. The topological polar surface area (TPSA) is 126 Å². The van der Waals surface area contributed by atoms with E-state index in [1.54, 1.807) is 7.05 Å². The molecule has 200 valence electrons. The van der Waals surface area contributed by atoms with Gasteiger partial charge in [-0.15, -0.1) is 0 Å². The second kappa shape index (κ2) is 11.4. The maximum Gasteiger partial charge on any atom is 0.407 e. The average Bonchev–Trinajstić information content (AvgIpc) is 2.88. The predicted octanol–water partition coefficient (Wildman–Crippen LogP) is 5.36. The number of pyridine rings is 1. The van der Waals surface area contributed by atoms with Gasteiger partial charge in [-0.05, 0) is 75.1 Å². The van der Waals surface area contributed by atoms with Gasteiger partial charge in [-0.3, -0.25) is 5.41 Å². The Bertz CT molecular complexity index is 1260. The van der Waals surface area contributed by atoms with Crippen molar-refractivity contribution in [1.82, 2.24) is 10.3 Å². The van der Waals surface area contributed by atoms with Crippen LogP contribution in [0.1, 0.15) is 39.2 Å². The Morgan fingerprint density at radius 3 is 2.26 bits per heavy atom. The normalized spacial score (nSPS) is 14.1. The lowest BCUT2D eigenvalue weighted by atomic mass is 9.98. The summed E-state index contributed by atoms with van der Waals surface area (Å²) in [5.41, 5.74) is 7.74. The molecule has 0 unspecified atom stereocenters. The first-order chi connectivity index (χ1) is 18.1. The highest BCUT2D eigenvalue weighted by Crippen LogP contribution is 2.34. The second-order valence-corrected chi connectivity index (χ2v) is 10.3. The van der Waals surface area contributed by atoms with Crippen molar-refractivity contribution in [1.29, 1.82) is 5.41 Å². The van der Waals surface area contributed by atoms with E-state index in [-0.39, 0.29) is 18.0 Å². The number of nitrogen functional groups attached to an aromatic ring is 1. The van der Waals surface area contributed by atoms with E-state index in [9.17, 15) is 4.79 Å². The minimum absolute atomic E-state index is 0.0398. The van der Waals surface area contributed by atoms with Gasteiger partial charge < -0.3 is 30.7 Å². The molecule has 0 aliphatic carbocycles. The average molecular weight is 517 g/mol. The highest BCUT2D eigenvalue weighted by molar-refractivity contribution is 6.06. The first-order valence-corrected chi connectivity index (χ1v) is 12.8. The summed E-state index contributed by atoms with van der Waals surface area (Å²) in [6, 6.07) is 19.3. The molecule has 1 aliphatic heterocycles. The third-order valence-electron chi connectivity index (χ3n) is 6.20. The Morgan fingerprint density at radius 2 is 1.68 bits per heavy atom. The lowest BCUT2D eigenvalue weighted by Gasteiger charge is -2.34. The van der Waals surface area contributed by atoms with Crippen LogP contribution in [0.25, 0.3) is 11.1 Å². The first-order valence-electron chi connectivity index (χ1n) is 12.8. The molecular weight excluding hydrogens is 480 g/mol. The molecule has 9 nitrogen and oxygen atoms in total. The number of piperidine rings is 1. The summed E-state index contributed by atoms with van der Waals surface area (Å²) in [5, 5.41) is 14.3. The van der Waals surface area contributed by atoms with Gasteiger partial charge in [0, 0.05) is 26.2 Å². The number of anilines is 2. The Morgan fingerprint density at radius 1 is 1.05 bits per heavy atom. The molecule has 3 aromatic rings. The third-order valence-corrected chi connectivity index (χ3v) is 6.20. The number of carbonyl (C=O) groups is 1. The molecule has 5 N–H and O–H groups in total. The van der Waals surface area contributed by atoms with Gasteiger partial charge in [0.15, 0.2) is 0 Å². The van der Waals surface area contributed by atoms with Crippen molar-refractivity contribution in [3.63, 3.8) is 0 Å². The largest absolute Gasteiger partial charge is 0.457 e. The maximum absolute atomic E-state index is 12.2. The van der Waals surface area contributed by atoms with Crippen molar-refractivity contribution in [2.75, 3.05) is 30.4 Å². The summed E-state index contributed by atoms with van der Waals surface area (Å²) in [7, 11) is 1.77. The Hall–Kier alpha value is -4.27. The number of nitrogens with two attached hydrogens (primary N) is 1. The summed E-state index contributed by atoms with van der Waals surface area (Å²) in [5.74, 6) is 2.75. The molecule has 1 aliphatic rings. The summed E-state index contributed by atoms with van der Waals surface area (Å²) in [6.45, 7) is 7.00. The Balaban J connectivity index is 1.54. The molecule has 0 saturated carbocycles. The molecule has 1 saturated heterocycles. The van der Waals surface area contributed by atoms with Crippen LogP contribution < -0.4 is 26.0 Å². The van der Waals surface area contributed by atoms with E-state index in [0.717, 1.165) is 48.6 Å². The lowest BCUT2D eigenvalue weighted by Crippen LogP contribution is -2.46. The van der Waals surface area contributed by atoms with Gasteiger partial charge in [0.2, 0.25) is 0 Å². The van der Waals surface area contributed by atoms with Gasteiger partial charge in [0.1, 0.15) is 34.6 Å². The first kappa shape index (κ1) is 26.8. The molecule has 1 fully saturated rings. The van der Waals surface area contributed by atoms with Gasteiger partial charge in [-0.2, -0.15) is 0 Å². The smallest absolute Gasteiger partial charge is 0.407 e. The van der Waals surface area contributed by atoms with E-state index in [4.69, 9.17) is 25.6 Å². The zero-order valence-corrected chi connectivity index (χ0v) is 22.4. The van der Waals surface area contributed by atoms with Crippen molar-refractivity contribution in [2.24, 2.45) is 5.73 Å². The van der Waals surface area contributed by atoms with Gasteiger partial charge in [-0.1, -0.05) is 30.3 Å². The van der Waals surface area contributed by atoms with Crippen LogP contribution in [-0.4, -0.2) is 48.7 Å². The quantitative estimate of drug-likeness (QED) is 0.246. The SMILES string of the molecule is CNc1nc(N2CCC(NC(=O)OC(C)(C)C)CC2)cc(-c2ccc(Oc3ccccc3)cc2)c1C(=N)N. The Kier molecular flexibility index (Phi) is 8.05. The zero-order valence-electron chi connectivity index (χ0n) is 22.4. The van der Waals surface area contributed by atoms with E-state index in [0.29, 0.717) is 17.1 Å². The Labute approximate surface area is 223 Å². The lowest BCUT2D eigenvalue weighted by molar-refractivity contribution is 0.0497. The van der Waals surface area contributed by atoms with Gasteiger partial charge >= 0.3 is 6.09 Å². The standard InChI is InChI=1S/C29H36N6O3/c1-29(2,3)38-28(36)33-20-14-16-35(17-15-20)24-18-23(25(26(30)31)27(32-4)34-24)19-10-12-22(13-11-19)37-21-8-6-5-7-9-21/h5-13,18,20H,14-17H2,1-4H3,(H3,30,31)(H,32,34)(H,33,36). The van der Waals surface area contributed by atoms with Gasteiger partial charge in [0.05, 0.1) is 5.56 Å². The van der Waals surface area contributed by atoms with Crippen molar-refractivity contribution >= 4 is 23.6 Å². The summed E-state index contributed by atoms with van der Waals surface area (Å²) >= 11 is 0. The molecule has 2 heterocycles. The van der Waals surface area contributed by atoms with E-state index in [1.165, 1.54) is 0 Å². The zero-order chi connectivity index (χ0) is 27.3. The predicted molar refractivity (Wildman–Crippen MR) is 151 cm³/mol. The fourth-order valence-electron chi connectivity index (χ4n) is 4.43. The number of amides is 1. The number of para-hydroxylation sites is 1. The number of carbonyl (C=O) groups excluding carboxylic acids is 1. The minimum Gasteiger partial charge on any atom is -0.457 e. The molecule has 0 bridgehead atoms. The van der Waals surface area contributed by atoms with Crippen LogP contribution in [0.2, 0.25) is 0 Å². The number of nitrogens with zero attached hydrogens (tertiary/aromatic N) is 2. The number of alkyl carbamates (subject to hydrolysis) is 1. The highest BCUT2D eigenvalue weighted by atomic mass is 16.6. The van der Waals surface area contributed by atoms with Crippen molar-refractivity contribution in [3.8, 4) is 22.6 Å². The molecule has 1 amide bonds. The fraction of sp³-hybridized carbons (Fsp3) is 0.345. The maximum atomic E-state index is 12.2. The number of rotatable bonds is 7. The number of aromatic nitrogens is 1. The van der Waals surface area contributed by atoms with Gasteiger partial charge in [0.25, 0.3) is 0 Å². The van der Waals surface area contributed by atoms with Crippen molar-refractivity contribution in [3.05, 3.63) is 66.2 Å². The fourth-order valence-corrected chi connectivity index (χ4v) is 4.43. The number of amidine groups is 1. The second-order valence-electron chi connectivity index (χ2n) is 10.3. The van der Waals surface area contributed by atoms with Crippen LogP contribution in [0.3, 0.4) is 0 Å². The van der Waals surface area contributed by atoms with E-state index >= 15 is 0 Å². The molecule has 4 rings (SSSR count). The monoisotopic (exact) mass is 516 g/mol. The van der Waals surface area contributed by atoms with Crippen LogP contribution >= 0.6 is 0 Å². The highest BCUT2D eigenvalue weighted by Gasteiger charge is 2.26. The number of nitrogens with one attached hydrogen (secondary N) is 3. The number of ether oxygens (including phenoxy) is 2. The van der Waals surface area contributed by atoms with E-state index in [2.05, 4.69) is 15.5 Å². The molecule has 0 spiro atoms. The van der Waals surface area contributed by atoms with Crippen LogP contribution in [0.5, 0.6) is 11.5 Å². The number of hydrogen-bond donors (Lipinski definition) is 4. The number of benzene rings is 2. The van der Waals surface area contributed by atoms with E-state index in [1.807, 2.05) is 81.4 Å². The van der Waals surface area contributed by atoms with Crippen LogP contribution in [0.4, 0.5) is 16.4 Å². The van der Waals surface area contributed by atoms with Crippen LogP contribution in [0, 0.1) is 5.41 Å². The molecule has 38 heavy (non-hydrogen) atoms. The molecule has 9 heteroatoms. The molecule has 0 radical (unpaired) electrons. The summed E-state index contributed by atoms with van der Waals surface area (Å²) in [6.07, 6.45) is 1.15. The summed E-state index contributed by atoms with van der Waals surface area (Å²) < 4.78 is 11.3. The minimum atomic E-state index is -0.529. The van der Waals surface area contributed by atoms with Crippen molar-refractivity contribution in [2.45, 2.75) is 45.3 Å². The van der Waals surface area contributed by atoms with E-state index < -0.39 is 5.60 Å². The van der Waals surface area contributed by atoms with Crippen LogP contribution in [-0.2, 0) is 4.74 Å². The van der Waals surface area contributed by atoms with Gasteiger partial charge in [-0.25, -0.2) is 9.78 Å². The van der Waals surface area contributed by atoms with Crippen LogP contribution in [0.15, 0.2) is 60.7 Å². The molecule has 2 aromatic carbocycles. The summed E-state index contributed by atoms with van der Waals surface area (Å²) in [4.78, 5) is 19.2. The van der Waals surface area contributed by atoms with Crippen molar-refractivity contribution < 1.29 is 14.3 Å². The molecular formula is C29H36N6O3. The number of hydrogen-bond acceptors (Lipinski definition) is 7. The molecule has 1 aromatic heterocycles. The third kappa shape index (κ3) is 6.73.